The van der Waals surface area contributed by atoms with Crippen LogP contribution in [0.4, 0.5) is 0 Å². The summed E-state index contributed by atoms with van der Waals surface area (Å²) in [5.41, 5.74) is 2.25. The van der Waals surface area contributed by atoms with Gasteiger partial charge >= 0.3 is 0 Å². The maximum Gasteiger partial charge on any atom is 0.0785 e. The number of aromatic nitrogens is 2. The van der Waals surface area contributed by atoms with Crippen molar-refractivity contribution in [2.45, 2.75) is 32.4 Å². The van der Waals surface area contributed by atoms with Gasteiger partial charge in [-0.3, -0.25) is 4.68 Å². The summed E-state index contributed by atoms with van der Waals surface area (Å²) in [4.78, 5) is 0. The topological polar surface area (TPSA) is 59.3 Å². The molecule has 0 amide bonds. The fraction of sp³-hybridized carbons (Fsp3) is 0.750. The zero-order valence-corrected chi connectivity index (χ0v) is 11.1. The van der Waals surface area contributed by atoms with E-state index in [1.165, 1.54) is 5.56 Å². The van der Waals surface area contributed by atoms with Crippen LogP contribution in [0, 0.1) is 6.92 Å². The predicted molar refractivity (Wildman–Crippen MR) is 66.9 cm³/mol. The summed E-state index contributed by atoms with van der Waals surface area (Å²) in [6.07, 6.45) is 2.32. The molecule has 98 valence electrons. The zero-order chi connectivity index (χ0) is 12.8. The van der Waals surface area contributed by atoms with Crippen LogP contribution >= 0.6 is 0 Å². The van der Waals surface area contributed by atoms with E-state index in [4.69, 9.17) is 4.74 Å². The molecule has 17 heavy (non-hydrogen) atoms. The van der Waals surface area contributed by atoms with Crippen molar-refractivity contribution in [3.63, 3.8) is 0 Å². The van der Waals surface area contributed by atoms with Gasteiger partial charge in [-0.2, -0.15) is 5.10 Å². The highest BCUT2D eigenvalue weighted by molar-refractivity contribution is 5.19. The van der Waals surface area contributed by atoms with E-state index in [1.807, 2.05) is 24.9 Å². The molecule has 0 radical (unpaired) electrons. The Morgan fingerprint density at radius 3 is 2.82 bits per heavy atom. The van der Waals surface area contributed by atoms with Gasteiger partial charge < -0.3 is 15.2 Å². The number of rotatable bonds is 7. The average molecular weight is 241 g/mol. The van der Waals surface area contributed by atoms with Gasteiger partial charge in [-0.05, 0) is 26.8 Å². The maximum atomic E-state index is 9.51. The summed E-state index contributed by atoms with van der Waals surface area (Å²) < 4.78 is 6.70. The average Bonchev–Trinajstić information content (AvgIpc) is 2.58. The molecule has 0 aliphatic rings. The highest BCUT2D eigenvalue weighted by Gasteiger charge is 2.11. The second kappa shape index (κ2) is 6.74. The summed E-state index contributed by atoms with van der Waals surface area (Å²) in [6, 6.07) is 0.249. The van der Waals surface area contributed by atoms with Crippen molar-refractivity contribution in [1.82, 2.24) is 15.1 Å². The van der Waals surface area contributed by atoms with Crippen LogP contribution < -0.4 is 5.32 Å². The molecule has 0 saturated heterocycles. The van der Waals surface area contributed by atoms with Crippen molar-refractivity contribution in [3.8, 4) is 0 Å². The fourth-order valence-corrected chi connectivity index (χ4v) is 1.90. The molecule has 5 heteroatoms. The lowest BCUT2D eigenvalue weighted by atomic mass is 10.1. The fourth-order valence-electron chi connectivity index (χ4n) is 1.90. The van der Waals surface area contributed by atoms with E-state index in [2.05, 4.69) is 17.3 Å². The SMILES string of the molecule is COCC(O)CCNC(C)c1cn(C)nc1C. The van der Waals surface area contributed by atoms with Gasteiger partial charge in [-0.25, -0.2) is 0 Å². The predicted octanol–water partition coefficient (Wildman–Crippen LogP) is 0.777. The Labute approximate surface area is 103 Å². The highest BCUT2D eigenvalue weighted by atomic mass is 16.5. The molecule has 2 atom stereocenters. The first kappa shape index (κ1) is 14.2. The van der Waals surface area contributed by atoms with Crippen LogP contribution in [-0.2, 0) is 11.8 Å². The summed E-state index contributed by atoms with van der Waals surface area (Å²) in [6.45, 7) is 5.27. The molecule has 0 aliphatic heterocycles. The van der Waals surface area contributed by atoms with Crippen molar-refractivity contribution in [1.29, 1.82) is 0 Å². The first-order chi connectivity index (χ1) is 8.04. The molecule has 2 N–H and O–H groups in total. The van der Waals surface area contributed by atoms with Crippen LogP contribution in [0.1, 0.15) is 30.6 Å². The number of nitrogens with zero attached hydrogens (tertiary/aromatic N) is 2. The summed E-state index contributed by atoms with van der Waals surface area (Å²) in [5, 5.41) is 17.2. The number of ether oxygens (including phenoxy) is 1. The van der Waals surface area contributed by atoms with E-state index in [0.717, 1.165) is 12.2 Å². The van der Waals surface area contributed by atoms with Gasteiger partial charge in [-0.15, -0.1) is 0 Å². The number of aryl methyl sites for hydroxylation is 2. The number of aliphatic hydroxyl groups is 1. The minimum Gasteiger partial charge on any atom is -0.391 e. The lowest BCUT2D eigenvalue weighted by molar-refractivity contribution is 0.0590. The second-order valence-corrected chi connectivity index (χ2v) is 4.42. The molecule has 1 heterocycles. The van der Waals surface area contributed by atoms with E-state index in [0.29, 0.717) is 13.0 Å². The molecule has 0 aromatic carbocycles. The Balaban J connectivity index is 2.35. The number of aliphatic hydroxyl groups excluding tert-OH is 1. The molecular weight excluding hydrogens is 218 g/mol. The van der Waals surface area contributed by atoms with Crippen LogP contribution in [0.15, 0.2) is 6.20 Å². The molecule has 0 aliphatic carbocycles. The molecule has 2 unspecified atom stereocenters. The number of methoxy groups -OCH3 is 1. The van der Waals surface area contributed by atoms with Crippen molar-refractivity contribution >= 4 is 0 Å². The van der Waals surface area contributed by atoms with Crippen LogP contribution in [0.3, 0.4) is 0 Å². The first-order valence-electron chi connectivity index (χ1n) is 5.95. The third-order valence-electron chi connectivity index (χ3n) is 2.81. The largest absolute Gasteiger partial charge is 0.391 e. The third kappa shape index (κ3) is 4.46. The van der Waals surface area contributed by atoms with E-state index in [9.17, 15) is 5.11 Å². The Kier molecular flexibility index (Phi) is 5.61. The number of hydrogen-bond acceptors (Lipinski definition) is 4. The van der Waals surface area contributed by atoms with E-state index >= 15 is 0 Å². The van der Waals surface area contributed by atoms with Gasteiger partial charge in [0.15, 0.2) is 0 Å². The quantitative estimate of drug-likeness (QED) is 0.740. The molecule has 0 saturated carbocycles. The maximum absolute atomic E-state index is 9.51. The van der Waals surface area contributed by atoms with E-state index in [-0.39, 0.29) is 6.04 Å². The number of nitrogens with one attached hydrogen (secondary N) is 1. The Morgan fingerprint density at radius 2 is 2.29 bits per heavy atom. The highest BCUT2D eigenvalue weighted by Crippen LogP contribution is 2.15. The van der Waals surface area contributed by atoms with Gasteiger partial charge in [-0.1, -0.05) is 0 Å². The van der Waals surface area contributed by atoms with Crippen LogP contribution in [0.25, 0.3) is 0 Å². The molecular formula is C12H23N3O2. The molecule has 0 fully saturated rings. The second-order valence-electron chi connectivity index (χ2n) is 4.42. The van der Waals surface area contributed by atoms with Gasteiger partial charge in [0.1, 0.15) is 0 Å². The molecule has 1 aromatic heterocycles. The van der Waals surface area contributed by atoms with Crippen molar-refractivity contribution < 1.29 is 9.84 Å². The summed E-state index contributed by atoms with van der Waals surface area (Å²) in [7, 11) is 3.52. The van der Waals surface area contributed by atoms with Crippen LogP contribution in [0.5, 0.6) is 0 Å². The minimum absolute atomic E-state index is 0.249. The normalized spacial score (nSPS) is 14.9. The minimum atomic E-state index is -0.394. The van der Waals surface area contributed by atoms with E-state index in [1.54, 1.807) is 7.11 Å². The smallest absolute Gasteiger partial charge is 0.0785 e. The van der Waals surface area contributed by atoms with Gasteiger partial charge in [0, 0.05) is 32.0 Å². The Hall–Kier alpha value is -0.910. The van der Waals surface area contributed by atoms with Gasteiger partial charge in [0.2, 0.25) is 0 Å². The summed E-state index contributed by atoms with van der Waals surface area (Å²) >= 11 is 0. The zero-order valence-electron chi connectivity index (χ0n) is 11.1. The molecule has 0 bridgehead atoms. The lowest BCUT2D eigenvalue weighted by Crippen LogP contribution is -2.25. The molecule has 5 nitrogen and oxygen atoms in total. The van der Waals surface area contributed by atoms with Crippen molar-refractivity contribution in [2.75, 3.05) is 20.3 Å². The standard InChI is InChI=1S/C12H23N3O2/c1-9(12-7-15(3)14-10(12)2)13-6-5-11(16)8-17-4/h7,9,11,13,16H,5-6,8H2,1-4H3. The van der Waals surface area contributed by atoms with Crippen LogP contribution in [0.2, 0.25) is 0 Å². The molecule has 0 spiro atoms. The van der Waals surface area contributed by atoms with Gasteiger partial charge in [0.05, 0.1) is 18.4 Å². The van der Waals surface area contributed by atoms with Crippen molar-refractivity contribution in [3.05, 3.63) is 17.5 Å². The first-order valence-corrected chi connectivity index (χ1v) is 5.95. The molecule has 1 rings (SSSR count). The van der Waals surface area contributed by atoms with E-state index < -0.39 is 6.10 Å². The molecule has 1 aromatic rings. The summed E-state index contributed by atoms with van der Waals surface area (Å²) in [5.74, 6) is 0. The Morgan fingerprint density at radius 1 is 1.59 bits per heavy atom. The number of hydrogen-bond donors (Lipinski definition) is 2. The lowest BCUT2D eigenvalue weighted by Gasteiger charge is -2.15. The van der Waals surface area contributed by atoms with Gasteiger partial charge in [0.25, 0.3) is 0 Å². The monoisotopic (exact) mass is 241 g/mol. The third-order valence-corrected chi connectivity index (χ3v) is 2.81. The van der Waals surface area contributed by atoms with Crippen LogP contribution in [-0.4, -0.2) is 41.3 Å². The Bertz CT molecular complexity index is 338. The van der Waals surface area contributed by atoms with Crippen molar-refractivity contribution in [2.24, 2.45) is 7.05 Å².